The largest absolute Gasteiger partial charge is 0.465 e. The first-order valence-corrected chi connectivity index (χ1v) is 6.57. The zero-order chi connectivity index (χ0) is 12.8. The van der Waals surface area contributed by atoms with Crippen LogP contribution >= 0.6 is 0 Å². The molecule has 2 aromatic rings. The van der Waals surface area contributed by atoms with Gasteiger partial charge in [0, 0.05) is 0 Å². The molecule has 1 aromatic carbocycles. The summed E-state index contributed by atoms with van der Waals surface area (Å²) in [5.74, 6) is 2.02. The van der Waals surface area contributed by atoms with Crippen molar-refractivity contribution in [2.24, 2.45) is 0 Å². The molecule has 1 unspecified atom stereocenters. The fraction of sp³-hybridized carbons (Fsp3) is 0.375. The number of furan rings is 1. The Labute approximate surface area is 109 Å². The number of hydrogen-bond donors (Lipinski definition) is 1. The fourth-order valence-corrected chi connectivity index (χ4v) is 2.22. The Morgan fingerprint density at radius 1 is 1.11 bits per heavy atom. The quantitative estimate of drug-likeness (QED) is 0.833. The monoisotopic (exact) mass is 243 g/mol. The molecule has 96 valence electrons. The van der Waals surface area contributed by atoms with E-state index in [0.717, 1.165) is 30.8 Å². The lowest BCUT2D eigenvalue weighted by Gasteiger charge is -2.13. The molecule has 1 N–H and O–H groups in total. The van der Waals surface area contributed by atoms with E-state index in [-0.39, 0.29) is 0 Å². The lowest BCUT2D eigenvalue weighted by molar-refractivity contribution is 0.396. The Balaban J connectivity index is 1.85. The van der Waals surface area contributed by atoms with Crippen molar-refractivity contribution in [2.45, 2.75) is 32.2 Å². The molecule has 0 bridgehead atoms. The predicted octanol–water partition coefficient (Wildman–Crippen LogP) is 3.87. The summed E-state index contributed by atoms with van der Waals surface area (Å²) in [6, 6.07) is 15.0. The minimum Gasteiger partial charge on any atom is -0.465 e. The molecule has 2 nitrogen and oxygen atoms in total. The highest BCUT2D eigenvalue weighted by Gasteiger charge is 2.12. The molecule has 0 radical (unpaired) electrons. The molecule has 0 saturated carbocycles. The molecule has 0 saturated heterocycles. The minimum absolute atomic E-state index is 0.322. The van der Waals surface area contributed by atoms with E-state index in [1.807, 2.05) is 20.0 Å². The van der Waals surface area contributed by atoms with Gasteiger partial charge in [0.15, 0.2) is 0 Å². The Morgan fingerprint density at radius 3 is 2.50 bits per heavy atom. The van der Waals surface area contributed by atoms with Gasteiger partial charge in [-0.05, 0) is 50.9 Å². The first kappa shape index (κ1) is 12.9. The summed E-state index contributed by atoms with van der Waals surface area (Å²) in [7, 11) is 1.99. The maximum Gasteiger partial charge on any atom is 0.121 e. The van der Waals surface area contributed by atoms with E-state index >= 15 is 0 Å². The normalized spacial score (nSPS) is 12.6. The number of nitrogens with one attached hydrogen (secondary N) is 1. The third-order valence-electron chi connectivity index (χ3n) is 3.25. The van der Waals surface area contributed by atoms with Gasteiger partial charge in [-0.3, -0.25) is 0 Å². The lowest BCUT2D eigenvalue weighted by atomic mass is 10.0. The van der Waals surface area contributed by atoms with Crippen molar-refractivity contribution in [3.63, 3.8) is 0 Å². The Bertz CT molecular complexity index is 461. The SMILES string of the molecule is CNC(CCCc1ccccc1)c1ccc(C)o1. The molecular formula is C16H21NO. The zero-order valence-corrected chi connectivity index (χ0v) is 11.1. The van der Waals surface area contributed by atoms with Gasteiger partial charge in [-0.25, -0.2) is 0 Å². The summed E-state index contributed by atoms with van der Waals surface area (Å²) in [5, 5.41) is 3.32. The molecule has 0 spiro atoms. The molecule has 2 heteroatoms. The molecule has 0 aliphatic heterocycles. The van der Waals surface area contributed by atoms with Gasteiger partial charge in [0.05, 0.1) is 6.04 Å². The molecule has 18 heavy (non-hydrogen) atoms. The highest BCUT2D eigenvalue weighted by atomic mass is 16.3. The van der Waals surface area contributed by atoms with Crippen LogP contribution in [0.3, 0.4) is 0 Å². The van der Waals surface area contributed by atoms with Gasteiger partial charge in [0.25, 0.3) is 0 Å². The molecule has 1 aromatic heterocycles. The minimum atomic E-state index is 0.322. The lowest BCUT2D eigenvalue weighted by Crippen LogP contribution is -2.15. The van der Waals surface area contributed by atoms with E-state index in [1.54, 1.807) is 0 Å². The van der Waals surface area contributed by atoms with E-state index in [2.05, 4.69) is 41.7 Å². The number of rotatable bonds is 6. The summed E-state index contributed by atoms with van der Waals surface area (Å²) in [4.78, 5) is 0. The second-order valence-corrected chi connectivity index (χ2v) is 4.67. The third-order valence-corrected chi connectivity index (χ3v) is 3.25. The molecule has 0 aliphatic rings. The maximum atomic E-state index is 5.68. The molecule has 1 heterocycles. The third kappa shape index (κ3) is 3.47. The number of benzene rings is 1. The summed E-state index contributed by atoms with van der Waals surface area (Å²) in [6.07, 6.45) is 3.38. The van der Waals surface area contributed by atoms with E-state index < -0.39 is 0 Å². The van der Waals surface area contributed by atoms with Gasteiger partial charge in [0.2, 0.25) is 0 Å². The predicted molar refractivity (Wildman–Crippen MR) is 74.6 cm³/mol. The molecule has 1 atom stereocenters. The summed E-state index contributed by atoms with van der Waals surface area (Å²) in [6.45, 7) is 1.99. The summed E-state index contributed by atoms with van der Waals surface area (Å²) >= 11 is 0. The average Bonchev–Trinajstić information content (AvgIpc) is 2.82. The van der Waals surface area contributed by atoms with Gasteiger partial charge in [-0.15, -0.1) is 0 Å². The standard InChI is InChI=1S/C16H21NO/c1-13-11-12-16(18-13)15(17-2)10-6-9-14-7-4-3-5-8-14/h3-5,7-8,11-12,15,17H,6,9-10H2,1-2H3. The highest BCUT2D eigenvalue weighted by molar-refractivity contribution is 5.15. The second-order valence-electron chi connectivity index (χ2n) is 4.67. The smallest absolute Gasteiger partial charge is 0.121 e. The number of hydrogen-bond acceptors (Lipinski definition) is 2. The van der Waals surface area contributed by atoms with Crippen molar-refractivity contribution in [3.8, 4) is 0 Å². The van der Waals surface area contributed by atoms with Crippen LogP contribution in [0.25, 0.3) is 0 Å². The topological polar surface area (TPSA) is 25.2 Å². The van der Waals surface area contributed by atoms with Crippen molar-refractivity contribution >= 4 is 0 Å². The molecule has 0 fully saturated rings. The Morgan fingerprint density at radius 2 is 1.89 bits per heavy atom. The van der Waals surface area contributed by atoms with Crippen molar-refractivity contribution < 1.29 is 4.42 Å². The Hall–Kier alpha value is -1.54. The first-order valence-electron chi connectivity index (χ1n) is 6.57. The van der Waals surface area contributed by atoms with Crippen molar-refractivity contribution in [1.82, 2.24) is 5.32 Å². The van der Waals surface area contributed by atoms with Gasteiger partial charge in [-0.2, -0.15) is 0 Å². The zero-order valence-electron chi connectivity index (χ0n) is 11.1. The molecule has 0 amide bonds. The van der Waals surface area contributed by atoms with Crippen LogP contribution in [-0.4, -0.2) is 7.05 Å². The fourth-order valence-electron chi connectivity index (χ4n) is 2.22. The molecule has 2 rings (SSSR count). The van der Waals surface area contributed by atoms with Crippen molar-refractivity contribution in [1.29, 1.82) is 0 Å². The van der Waals surface area contributed by atoms with E-state index in [9.17, 15) is 0 Å². The van der Waals surface area contributed by atoms with Crippen LogP contribution in [-0.2, 0) is 6.42 Å². The Kier molecular flexibility index (Phi) is 4.59. The summed E-state index contributed by atoms with van der Waals surface area (Å²) in [5.41, 5.74) is 1.41. The average molecular weight is 243 g/mol. The van der Waals surface area contributed by atoms with Gasteiger partial charge in [0.1, 0.15) is 11.5 Å². The second kappa shape index (κ2) is 6.41. The molecular weight excluding hydrogens is 222 g/mol. The van der Waals surface area contributed by atoms with Crippen LogP contribution in [0.2, 0.25) is 0 Å². The van der Waals surface area contributed by atoms with Crippen LogP contribution in [0.5, 0.6) is 0 Å². The highest BCUT2D eigenvalue weighted by Crippen LogP contribution is 2.21. The van der Waals surface area contributed by atoms with Crippen molar-refractivity contribution in [3.05, 3.63) is 59.5 Å². The van der Waals surface area contributed by atoms with E-state index in [1.165, 1.54) is 5.56 Å². The van der Waals surface area contributed by atoms with Gasteiger partial charge < -0.3 is 9.73 Å². The van der Waals surface area contributed by atoms with Crippen LogP contribution in [0.1, 0.15) is 36.0 Å². The summed E-state index contributed by atoms with van der Waals surface area (Å²) < 4.78 is 5.68. The number of aryl methyl sites for hydroxylation is 2. The van der Waals surface area contributed by atoms with Crippen LogP contribution in [0, 0.1) is 6.92 Å². The van der Waals surface area contributed by atoms with Gasteiger partial charge >= 0.3 is 0 Å². The van der Waals surface area contributed by atoms with Crippen molar-refractivity contribution in [2.75, 3.05) is 7.05 Å². The first-order chi connectivity index (χ1) is 8.79. The van der Waals surface area contributed by atoms with E-state index in [0.29, 0.717) is 6.04 Å². The maximum absolute atomic E-state index is 5.68. The van der Waals surface area contributed by atoms with E-state index in [4.69, 9.17) is 4.42 Å². The molecule has 0 aliphatic carbocycles. The van der Waals surface area contributed by atoms with Gasteiger partial charge in [-0.1, -0.05) is 30.3 Å². The van der Waals surface area contributed by atoms with Crippen LogP contribution in [0.15, 0.2) is 46.9 Å². The van der Waals surface area contributed by atoms with Crippen LogP contribution < -0.4 is 5.32 Å². The van der Waals surface area contributed by atoms with Crippen LogP contribution in [0.4, 0.5) is 0 Å².